The van der Waals surface area contributed by atoms with E-state index in [0.717, 1.165) is 32.1 Å². The molecule has 1 saturated carbocycles. The first-order valence-electron chi connectivity index (χ1n) is 7.48. The van der Waals surface area contributed by atoms with Crippen LogP contribution in [0, 0.1) is 0 Å². The molecule has 2 aliphatic heterocycles. The van der Waals surface area contributed by atoms with Crippen LogP contribution >= 0.6 is 0 Å². The highest BCUT2D eigenvalue weighted by Crippen LogP contribution is 2.30. The van der Waals surface area contributed by atoms with Gasteiger partial charge in [0.05, 0.1) is 5.54 Å². The third-order valence-corrected chi connectivity index (χ3v) is 4.95. The normalized spacial score (nSPS) is 30.4. The predicted molar refractivity (Wildman–Crippen MR) is 71.3 cm³/mol. The molecule has 3 aliphatic rings. The number of fused-ring (bicyclic) bond motifs is 1. The van der Waals surface area contributed by atoms with Crippen LogP contribution < -0.4 is 5.73 Å². The summed E-state index contributed by atoms with van der Waals surface area (Å²) in [6.45, 7) is 2.02. The van der Waals surface area contributed by atoms with Gasteiger partial charge in [0.1, 0.15) is 0 Å². The monoisotopic (exact) mass is 265 g/mol. The van der Waals surface area contributed by atoms with E-state index in [2.05, 4.69) is 0 Å². The first-order valence-corrected chi connectivity index (χ1v) is 7.48. The Hall–Kier alpha value is -1.10. The van der Waals surface area contributed by atoms with Crippen molar-refractivity contribution in [3.63, 3.8) is 0 Å². The Morgan fingerprint density at radius 1 is 1.21 bits per heavy atom. The summed E-state index contributed by atoms with van der Waals surface area (Å²) in [5, 5.41) is 0. The Balaban J connectivity index is 1.66. The number of nitrogens with two attached hydrogens (primary N) is 1. The fourth-order valence-electron chi connectivity index (χ4n) is 3.76. The zero-order chi connectivity index (χ0) is 13.5. The van der Waals surface area contributed by atoms with E-state index < -0.39 is 5.54 Å². The van der Waals surface area contributed by atoms with Crippen LogP contribution in [-0.4, -0.2) is 52.8 Å². The number of carbonyl (C=O) groups excluding carboxylic acids is 2. The number of hydrogen-bond donors (Lipinski definition) is 1. The lowest BCUT2D eigenvalue weighted by molar-refractivity contribution is -0.144. The second-order valence-corrected chi connectivity index (χ2v) is 6.25. The molecule has 0 aromatic carbocycles. The van der Waals surface area contributed by atoms with Gasteiger partial charge in [-0.1, -0.05) is 19.3 Å². The number of rotatable bonds is 1. The van der Waals surface area contributed by atoms with Crippen LogP contribution in [-0.2, 0) is 9.59 Å². The molecule has 0 bridgehead atoms. The van der Waals surface area contributed by atoms with Crippen LogP contribution in [0.1, 0.15) is 44.9 Å². The molecule has 3 rings (SSSR count). The topological polar surface area (TPSA) is 66.6 Å². The van der Waals surface area contributed by atoms with Crippen LogP contribution in [0.25, 0.3) is 0 Å². The highest BCUT2D eigenvalue weighted by molar-refractivity contribution is 5.87. The van der Waals surface area contributed by atoms with Gasteiger partial charge in [-0.05, 0) is 19.3 Å². The molecule has 19 heavy (non-hydrogen) atoms. The van der Waals surface area contributed by atoms with E-state index in [9.17, 15) is 9.59 Å². The molecule has 5 heteroatoms. The van der Waals surface area contributed by atoms with E-state index in [1.807, 2.05) is 9.80 Å². The molecule has 2 heterocycles. The van der Waals surface area contributed by atoms with Crippen molar-refractivity contribution in [1.82, 2.24) is 9.80 Å². The summed E-state index contributed by atoms with van der Waals surface area (Å²) in [5.74, 6) is 0.364. The van der Waals surface area contributed by atoms with Crippen molar-refractivity contribution in [2.75, 3.05) is 19.6 Å². The molecular weight excluding hydrogens is 242 g/mol. The minimum Gasteiger partial charge on any atom is -0.337 e. The van der Waals surface area contributed by atoms with Gasteiger partial charge in [0.25, 0.3) is 0 Å². The number of carbonyl (C=O) groups is 2. The lowest BCUT2D eigenvalue weighted by Gasteiger charge is -2.42. The number of nitrogens with zero attached hydrogens (tertiary/aromatic N) is 2. The Kier molecular flexibility index (Phi) is 3.25. The molecule has 1 aliphatic carbocycles. The molecule has 3 fully saturated rings. The molecular formula is C14H23N3O2. The van der Waals surface area contributed by atoms with Crippen LogP contribution in [0.15, 0.2) is 0 Å². The highest BCUT2D eigenvalue weighted by atomic mass is 16.2. The van der Waals surface area contributed by atoms with Gasteiger partial charge in [-0.2, -0.15) is 0 Å². The van der Waals surface area contributed by atoms with Gasteiger partial charge in [-0.25, -0.2) is 0 Å². The van der Waals surface area contributed by atoms with Crippen molar-refractivity contribution in [1.29, 1.82) is 0 Å². The molecule has 2 N–H and O–H groups in total. The van der Waals surface area contributed by atoms with E-state index in [1.165, 1.54) is 6.42 Å². The smallest absolute Gasteiger partial charge is 0.242 e. The second-order valence-electron chi connectivity index (χ2n) is 6.25. The quantitative estimate of drug-likeness (QED) is 0.750. The molecule has 1 unspecified atom stereocenters. The van der Waals surface area contributed by atoms with E-state index in [1.54, 1.807) is 0 Å². The summed E-state index contributed by atoms with van der Waals surface area (Å²) in [4.78, 5) is 28.1. The summed E-state index contributed by atoms with van der Waals surface area (Å²) >= 11 is 0. The Morgan fingerprint density at radius 2 is 1.95 bits per heavy atom. The molecule has 2 amide bonds. The molecule has 106 valence electrons. The minimum atomic E-state index is -0.636. The Morgan fingerprint density at radius 3 is 2.68 bits per heavy atom. The Bertz CT molecular complexity index is 390. The third-order valence-electron chi connectivity index (χ3n) is 4.95. The summed E-state index contributed by atoms with van der Waals surface area (Å²) in [7, 11) is 0. The van der Waals surface area contributed by atoms with Crippen LogP contribution in [0.3, 0.4) is 0 Å². The molecule has 0 aromatic rings. The van der Waals surface area contributed by atoms with Gasteiger partial charge >= 0.3 is 0 Å². The van der Waals surface area contributed by atoms with Crippen molar-refractivity contribution < 1.29 is 9.59 Å². The summed E-state index contributed by atoms with van der Waals surface area (Å²) in [6.07, 6.45) is 6.47. The number of hydrogen-bond acceptors (Lipinski definition) is 3. The molecule has 5 nitrogen and oxygen atoms in total. The average molecular weight is 265 g/mol. The van der Waals surface area contributed by atoms with Crippen molar-refractivity contribution in [3.05, 3.63) is 0 Å². The van der Waals surface area contributed by atoms with E-state index >= 15 is 0 Å². The lowest BCUT2D eigenvalue weighted by Crippen LogP contribution is -2.61. The van der Waals surface area contributed by atoms with Gasteiger partial charge in [-0.3, -0.25) is 9.59 Å². The SMILES string of the molecule is NC1(C(=O)N2CCN3C(=O)CCC3C2)CCCCC1. The first-order chi connectivity index (χ1) is 9.10. The molecule has 0 radical (unpaired) electrons. The van der Waals surface area contributed by atoms with Crippen molar-refractivity contribution in [3.8, 4) is 0 Å². The van der Waals surface area contributed by atoms with Crippen molar-refractivity contribution in [2.45, 2.75) is 56.5 Å². The maximum atomic E-state index is 12.6. The van der Waals surface area contributed by atoms with Gasteiger partial charge in [0.2, 0.25) is 11.8 Å². The standard InChI is InChI=1S/C14H23N3O2/c15-14(6-2-1-3-7-14)13(19)16-8-9-17-11(10-16)4-5-12(17)18/h11H,1-10,15H2. The molecule has 1 atom stereocenters. The van der Waals surface area contributed by atoms with Crippen LogP contribution in [0.2, 0.25) is 0 Å². The largest absolute Gasteiger partial charge is 0.337 e. The van der Waals surface area contributed by atoms with E-state index in [0.29, 0.717) is 26.1 Å². The number of amides is 2. The minimum absolute atomic E-state index is 0.117. The maximum absolute atomic E-state index is 12.6. The highest BCUT2D eigenvalue weighted by Gasteiger charge is 2.43. The van der Waals surface area contributed by atoms with Gasteiger partial charge in [0, 0.05) is 32.1 Å². The lowest BCUT2D eigenvalue weighted by atomic mass is 9.81. The van der Waals surface area contributed by atoms with Crippen molar-refractivity contribution in [2.24, 2.45) is 5.73 Å². The zero-order valence-corrected chi connectivity index (χ0v) is 11.4. The van der Waals surface area contributed by atoms with E-state index in [4.69, 9.17) is 5.73 Å². The van der Waals surface area contributed by atoms with E-state index in [-0.39, 0.29) is 17.9 Å². The molecule has 0 aromatic heterocycles. The van der Waals surface area contributed by atoms with Crippen molar-refractivity contribution >= 4 is 11.8 Å². The van der Waals surface area contributed by atoms with Crippen LogP contribution in [0.5, 0.6) is 0 Å². The zero-order valence-electron chi connectivity index (χ0n) is 11.4. The van der Waals surface area contributed by atoms with Gasteiger partial charge in [0.15, 0.2) is 0 Å². The Labute approximate surface area is 114 Å². The second kappa shape index (κ2) is 4.78. The first kappa shape index (κ1) is 12.9. The maximum Gasteiger partial charge on any atom is 0.242 e. The fourth-order valence-corrected chi connectivity index (χ4v) is 3.76. The molecule has 2 saturated heterocycles. The summed E-state index contributed by atoms with van der Waals surface area (Å²) in [6, 6.07) is 0.234. The average Bonchev–Trinajstić information content (AvgIpc) is 2.80. The predicted octanol–water partition coefficient (Wildman–Crippen LogP) is 0.481. The van der Waals surface area contributed by atoms with Gasteiger partial charge in [-0.15, -0.1) is 0 Å². The number of piperazine rings is 1. The summed E-state index contributed by atoms with van der Waals surface area (Å²) in [5.41, 5.74) is 5.69. The third kappa shape index (κ3) is 2.24. The fraction of sp³-hybridized carbons (Fsp3) is 0.857. The summed E-state index contributed by atoms with van der Waals surface area (Å²) < 4.78 is 0. The van der Waals surface area contributed by atoms with Crippen LogP contribution in [0.4, 0.5) is 0 Å². The van der Waals surface area contributed by atoms with Gasteiger partial charge < -0.3 is 15.5 Å². The molecule has 0 spiro atoms.